The normalized spacial score (nSPS) is 14.2. The van der Waals surface area contributed by atoms with Crippen LogP contribution >= 0.6 is 11.6 Å². The molecule has 0 fully saturated rings. The zero-order valence-corrected chi connectivity index (χ0v) is 16.9. The molecule has 0 aliphatic carbocycles. The van der Waals surface area contributed by atoms with E-state index in [1.54, 1.807) is 0 Å². The highest BCUT2D eigenvalue weighted by molar-refractivity contribution is 6.33. The van der Waals surface area contributed by atoms with Gasteiger partial charge in [0.2, 0.25) is 0 Å². The van der Waals surface area contributed by atoms with Gasteiger partial charge in [-0.1, -0.05) is 77.4 Å². The molecule has 1 heterocycles. The van der Waals surface area contributed by atoms with Crippen molar-refractivity contribution in [2.24, 2.45) is 5.16 Å². The molecule has 0 bridgehead atoms. The molecule has 0 unspecified atom stereocenters. The van der Waals surface area contributed by atoms with Crippen molar-refractivity contribution in [3.63, 3.8) is 0 Å². The maximum atomic E-state index is 9.48. The number of anilines is 1. The van der Waals surface area contributed by atoms with E-state index in [-0.39, 0.29) is 0 Å². The van der Waals surface area contributed by atoms with Gasteiger partial charge in [-0.3, -0.25) is 0 Å². The maximum absolute atomic E-state index is 9.48. The first-order valence-electron chi connectivity index (χ1n) is 9.88. The summed E-state index contributed by atoms with van der Waals surface area (Å²) in [6.07, 6.45) is 2.00. The van der Waals surface area contributed by atoms with E-state index in [0.29, 0.717) is 12.3 Å². The summed E-state index contributed by atoms with van der Waals surface area (Å²) in [7, 11) is 0. The van der Waals surface area contributed by atoms with Crippen LogP contribution < -0.4 is 10.6 Å². The highest BCUT2D eigenvalue weighted by Gasteiger charge is 2.15. The molecule has 1 aliphatic rings. The van der Waals surface area contributed by atoms with Gasteiger partial charge in [0, 0.05) is 17.7 Å². The van der Waals surface area contributed by atoms with Gasteiger partial charge in [0.15, 0.2) is 0 Å². The molecule has 0 saturated heterocycles. The minimum absolute atomic E-state index is 0.564. The minimum Gasteiger partial charge on any atom is -0.410 e. The van der Waals surface area contributed by atoms with E-state index in [1.165, 1.54) is 11.1 Å². The number of fused-ring (bicyclic) bond motifs is 1. The summed E-state index contributed by atoms with van der Waals surface area (Å²) in [4.78, 5) is 0. The van der Waals surface area contributed by atoms with E-state index in [4.69, 9.17) is 11.6 Å². The second-order valence-electron chi connectivity index (χ2n) is 7.18. The Hall–Kier alpha value is -2.82. The molecule has 3 aromatic carbocycles. The first kappa shape index (κ1) is 19.5. The number of halogens is 1. The molecule has 0 saturated carbocycles. The number of hydrogen-bond acceptors (Lipinski definition) is 4. The third-order valence-corrected chi connectivity index (χ3v) is 5.64. The summed E-state index contributed by atoms with van der Waals surface area (Å²) in [6.45, 7) is 2.66. The van der Waals surface area contributed by atoms with Crippen LogP contribution in [0.3, 0.4) is 0 Å². The number of oxime groups is 1. The fraction of sp³-hybridized carbons (Fsp3) is 0.208. The zero-order valence-electron chi connectivity index (χ0n) is 16.2. The number of hydrogen-bond donors (Lipinski definition) is 3. The standard InChI is InChI=1S/C24H24ClN3O/c25-22-11-10-18-12-14-26-15-13-21(18)24(22)27-16-17-6-8-20(9-7-17)23(28-29)19-4-2-1-3-5-19/h1-11,26-27,29H,12-16H2/b28-23+. The van der Waals surface area contributed by atoms with Crippen molar-refractivity contribution in [1.82, 2.24) is 5.32 Å². The van der Waals surface area contributed by atoms with E-state index in [9.17, 15) is 5.21 Å². The van der Waals surface area contributed by atoms with Gasteiger partial charge in [-0.15, -0.1) is 0 Å². The monoisotopic (exact) mass is 405 g/mol. The fourth-order valence-electron chi connectivity index (χ4n) is 3.78. The third kappa shape index (κ3) is 4.44. The quantitative estimate of drug-likeness (QED) is 0.322. The third-order valence-electron chi connectivity index (χ3n) is 5.33. The molecule has 3 aromatic rings. The van der Waals surface area contributed by atoms with Crippen LogP contribution in [0.1, 0.15) is 27.8 Å². The lowest BCUT2D eigenvalue weighted by atomic mass is 10.00. The highest BCUT2D eigenvalue weighted by atomic mass is 35.5. The SMILES string of the molecule is O/N=C(\c1ccccc1)c1ccc(CNc2c(Cl)ccc3c2CCNCC3)cc1. The van der Waals surface area contributed by atoms with E-state index >= 15 is 0 Å². The second kappa shape index (κ2) is 9.12. The molecule has 0 amide bonds. The first-order valence-corrected chi connectivity index (χ1v) is 10.3. The molecular weight excluding hydrogens is 382 g/mol. The van der Waals surface area contributed by atoms with Crippen molar-refractivity contribution in [3.05, 3.63) is 99.6 Å². The lowest BCUT2D eigenvalue weighted by Crippen LogP contribution is -2.16. The minimum atomic E-state index is 0.564. The molecule has 0 atom stereocenters. The van der Waals surface area contributed by atoms with Gasteiger partial charge in [-0.2, -0.15) is 0 Å². The molecule has 3 N–H and O–H groups in total. The Balaban J connectivity index is 1.51. The van der Waals surface area contributed by atoms with Gasteiger partial charge in [-0.25, -0.2) is 0 Å². The first-order chi connectivity index (χ1) is 14.3. The Kier molecular flexibility index (Phi) is 6.13. The van der Waals surface area contributed by atoms with Crippen LogP contribution in [0, 0.1) is 0 Å². The van der Waals surface area contributed by atoms with Gasteiger partial charge in [0.05, 0.1) is 10.7 Å². The van der Waals surface area contributed by atoms with Crippen molar-refractivity contribution in [2.75, 3.05) is 18.4 Å². The van der Waals surface area contributed by atoms with E-state index in [2.05, 4.69) is 21.9 Å². The molecule has 0 spiro atoms. The molecule has 4 rings (SSSR count). The summed E-state index contributed by atoms with van der Waals surface area (Å²) in [5.41, 5.74) is 7.18. The summed E-state index contributed by atoms with van der Waals surface area (Å²) < 4.78 is 0. The van der Waals surface area contributed by atoms with Gasteiger partial charge in [0.25, 0.3) is 0 Å². The molecule has 5 heteroatoms. The van der Waals surface area contributed by atoms with Crippen molar-refractivity contribution < 1.29 is 5.21 Å². The van der Waals surface area contributed by atoms with Crippen molar-refractivity contribution in [1.29, 1.82) is 0 Å². The Morgan fingerprint density at radius 1 is 0.931 bits per heavy atom. The van der Waals surface area contributed by atoms with Crippen LogP contribution in [0.5, 0.6) is 0 Å². The van der Waals surface area contributed by atoms with Gasteiger partial charge >= 0.3 is 0 Å². The molecular formula is C24H24ClN3O. The Morgan fingerprint density at radius 2 is 1.66 bits per heavy atom. The van der Waals surface area contributed by atoms with Crippen molar-refractivity contribution >= 4 is 23.0 Å². The van der Waals surface area contributed by atoms with E-state index < -0.39 is 0 Å². The smallest absolute Gasteiger partial charge is 0.117 e. The summed E-state index contributed by atoms with van der Waals surface area (Å²) in [6, 6.07) is 21.9. The molecule has 148 valence electrons. The molecule has 1 aliphatic heterocycles. The number of nitrogens with zero attached hydrogens (tertiary/aromatic N) is 1. The summed E-state index contributed by atoms with van der Waals surface area (Å²) in [5, 5.41) is 20.7. The summed E-state index contributed by atoms with van der Waals surface area (Å²) in [5.74, 6) is 0. The second-order valence-corrected chi connectivity index (χ2v) is 7.58. The van der Waals surface area contributed by atoms with Crippen LogP contribution in [0.2, 0.25) is 5.02 Å². The Labute approximate surface area is 176 Å². The van der Waals surface area contributed by atoms with Crippen LogP contribution in [0.15, 0.2) is 71.9 Å². The topological polar surface area (TPSA) is 56.7 Å². The Morgan fingerprint density at radius 3 is 2.41 bits per heavy atom. The van der Waals surface area contributed by atoms with Crippen molar-refractivity contribution in [2.45, 2.75) is 19.4 Å². The van der Waals surface area contributed by atoms with Gasteiger partial charge in [0.1, 0.15) is 5.71 Å². The van der Waals surface area contributed by atoms with E-state index in [0.717, 1.165) is 53.3 Å². The summed E-state index contributed by atoms with van der Waals surface area (Å²) >= 11 is 6.51. The molecule has 4 nitrogen and oxygen atoms in total. The van der Waals surface area contributed by atoms with Crippen LogP contribution in [0.25, 0.3) is 0 Å². The molecule has 0 aromatic heterocycles. The average molecular weight is 406 g/mol. The Bertz CT molecular complexity index is 1000. The largest absolute Gasteiger partial charge is 0.410 e. The lowest BCUT2D eigenvalue weighted by molar-refractivity contribution is 0.319. The van der Waals surface area contributed by atoms with Gasteiger partial charge in [-0.05, 0) is 48.7 Å². The molecule has 0 radical (unpaired) electrons. The fourth-order valence-corrected chi connectivity index (χ4v) is 4.03. The number of benzene rings is 3. The average Bonchev–Trinajstić information content (AvgIpc) is 3.01. The zero-order chi connectivity index (χ0) is 20.1. The lowest BCUT2D eigenvalue weighted by Gasteiger charge is -2.16. The maximum Gasteiger partial charge on any atom is 0.117 e. The number of nitrogens with one attached hydrogen (secondary N) is 2. The van der Waals surface area contributed by atoms with E-state index in [1.807, 2.05) is 60.7 Å². The molecule has 29 heavy (non-hydrogen) atoms. The predicted octanol–water partition coefficient (Wildman–Crippen LogP) is 4.87. The van der Waals surface area contributed by atoms with Crippen LogP contribution in [0.4, 0.5) is 5.69 Å². The predicted molar refractivity (Wildman–Crippen MR) is 119 cm³/mol. The van der Waals surface area contributed by atoms with Crippen LogP contribution in [-0.2, 0) is 19.4 Å². The van der Waals surface area contributed by atoms with Crippen molar-refractivity contribution in [3.8, 4) is 0 Å². The van der Waals surface area contributed by atoms with Gasteiger partial charge < -0.3 is 15.8 Å². The number of rotatable bonds is 5. The van der Waals surface area contributed by atoms with Crippen LogP contribution in [-0.4, -0.2) is 24.0 Å². The highest BCUT2D eigenvalue weighted by Crippen LogP contribution is 2.31.